The maximum Gasteiger partial charge on any atom is 0.262 e. The Labute approximate surface area is 315 Å². The number of benzene rings is 3. The molecule has 3 aromatic rings. The molecule has 278 valence electrons. The summed E-state index contributed by atoms with van der Waals surface area (Å²) in [5.74, 6) is -1.96. The summed E-state index contributed by atoms with van der Waals surface area (Å²) >= 11 is 0. The number of hydrogen-bond acceptors (Lipinski definition) is 9. The van der Waals surface area contributed by atoms with Gasteiger partial charge in [-0.05, 0) is 123 Å². The minimum absolute atomic E-state index is 0.0357. The number of nitriles is 1. The molecule has 54 heavy (non-hydrogen) atoms. The summed E-state index contributed by atoms with van der Waals surface area (Å²) < 4.78 is 0. The van der Waals surface area contributed by atoms with Gasteiger partial charge in [0.1, 0.15) is 6.04 Å². The second-order valence-electron chi connectivity index (χ2n) is 15.5. The van der Waals surface area contributed by atoms with Gasteiger partial charge in [-0.15, -0.1) is 0 Å². The molecule has 5 amide bonds. The SMILES string of the molecule is Cc1cc(N(C)[C@H]2CC[C@H](NC(=O)c3ccc(N4CCC(N5Cc6cc7c(cc6C5)C(=O)N(C5CCC(=O)NC5=O)C7=O)CC4)cc3)CC2)ccc1C#N. The number of carbonyl (C=O) groups excluding carboxylic acids is 5. The summed E-state index contributed by atoms with van der Waals surface area (Å²) in [6, 6.07) is 19.7. The highest BCUT2D eigenvalue weighted by atomic mass is 16.2. The largest absolute Gasteiger partial charge is 0.372 e. The number of aryl methyl sites for hydroxylation is 1. The lowest BCUT2D eigenvalue weighted by Crippen LogP contribution is -2.54. The molecule has 5 aliphatic rings. The highest BCUT2D eigenvalue weighted by Crippen LogP contribution is 2.36. The molecule has 0 spiro atoms. The monoisotopic (exact) mass is 727 g/mol. The summed E-state index contributed by atoms with van der Waals surface area (Å²) in [6.07, 6.45) is 6.02. The first-order valence-corrected chi connectivity index (χ1v) is 19.1. The van der Waals surface area contributed by atoms with Crippen molar-refractivity contribution < 1.29 is 24.0 Å². The fourth-order valence-corrected chi connectivity index (χ4v) is 9.05. The molecular weight excluding hydrogens is 683 g/mol. The third-order valence-electron chi connectivity index (χ3n) is 12.3. The molecule has 12 heteroatoms. The van der Waals surface area contributed by atoms with Crippen LogP contribution >= 0.6 is 0 Å². The Morgan fingerprint density at radius 1 is 0.852 bits per heavy atom. The van der Waals surface area contributed by atoms with Gasteiger partial charge in [0.2, 0.25) is 11.8 Å². The molecule has 3 fully saturated rings. The number of nitrogens with one attached hydrogen (secondary N) is 2. The third-order valence-corrected chi connectivity index (χ3v) is 12.3. The van der Waals surface area contributed by atoms with Crippen molar-refractivity contribution in [3.63, 3.8) is 0 Å². The molecule has 8 rings (SSSR count). The number of nitrogens with zero attached hydrogens (tertiary/aromatic N) is 5. The molecule has 3 aromatic carbocycles. The quantitative estimate of drug-likeness (QED) is 0.338. The van der Waals surface area contributed by atoms with Gasteiger partial charge in [-0.25, -0.2) is 0 Å². The second-order valence-corrected chi connectivity index (χ2v) is 15.5. The number of rotatable bonds is 7. The van der Waals surface area contributed by atoms with Crippen molar-refractivity contribution in [1.82, 2.24) is 20.4 Å². The van der Waals surface area contributed by atoms with E-state index in [9.17, 15) is 29.2 Å². The zero-order valence-electron chi connectivity index (χ0n) is 30.8. The van der Waals surface area contributed by atoms with Crippen LogP contribution in [0.3, 0.4) is 0 Å². The smallest absolute Gasteiger partial charge is 0.262 e. The van der Waals surface area contributed by atoms with Crippen LogP contribution in [0.1, 0.15) is 105 Å². The van der Waals surface area contributed by atoms with Crippen LogP contribution in [0.15, 0.2) is 54.6 Å². The molecule has 4 heterocycles. The molecule has 0 bridgehead atoms. The summed E-state index contributed by atoms with van der Waals surface area (Å²) in [7, 11) is 2.11. The molecule has 2 saturated heterocycles. The van der Waals surface area contributed by atoms with E-state index < -0.39 is 23.8 Å². The summed E-state index contributed by atoms with van der Waals surface area (Å²) in [5, 5.41) is 14.8. The summed E-state index contributed by atoms with van der Waals surface area (Å²) in [5.41, 5.74) is 7.33. The third kappa shape index (κ3) is 6.62. The average Bonchev–Trinajstić information content (AvgIpc) is 3.71. The van der Waals surface area contributed by atoms with Crippen molar-refractivity contribution in [3.05, 3.63) is 93.5 Å². The van der Waals surface area contributed by atoms with Crippen molar-refractivity contribution in [3.8, 4) is 6.07 Å². The fraction of sp³-hybridized carbons (Fsp3) is 0.429. The normalized spacial score (nSPS) is 23.2. The Hall–Kier alpha value is -5.54. The zero-order chi connectivity index (χ0) is 37.7. The second kappa shape index (κ2) is 14.4. The van der Waals surface area contributed by atoms with E-state index in [2.05, 4.69) is 44.5 Å². The van der Waals surface area contributed by atoms with E-state index in [0.717, 1.165) is 84.6 Å². The Kier molecular flexibility index (Phi) is 9.44. The van der Waals surface area contributed by atoms with Gasteiger partial charge < -0.3 is 15.1 Å². The van der Waals surface area contributed by atoms with Crippen molar-refractivity contribution >= 4 is 40.9 Å². The minimum Gasteiger partial charge on any atom is -0.372 e. The topological polar surface area (TPSA) is 146 Å². The lowest BCUT2D eigenvalue weighted by molar-refractivity contribution is -0.136. The molecule has 12 nitrogen and oxygen atoms in total. The number of fused-ring (bicyclic) bond motifs is 2. The standard InChI is InChI=1S/C42H45N7O5/c1-25-19-34(10-5-27(25)22-43)46(2)31-11-6-30(7-12-31)44-39(51)26-3-8-32(9-4-26)47-17-15-33(16-18-47)48-23-28-20-35-36(21-29(28)24-48)42(54)49(41(35)53)37-13-14-38(50)45-40(37)52/h3-5,8-10,19-21,30-31,33,37H,6-7,11-18,23-24H2,1-2H3,(H,44,51)(H,45,50,52)/t30-,31-,37?. The molecule has 2 N–H and O–H groups in total. The van der Waals surface area contributed by atoms with Crippen molar-refractivity contribution in [2.24, 2.45) is 0 Å². The van der Waals surface area contributed by atoms with Gasteiger partial charge in [0.05, 0.1) is 22.8 Å². The number of carbonyl (C=O) groups is 5. The molecule has 4 aliphatic heterocycles. The highest BCUT2D eigenvalue weighted by molar-refractivity contribution is 6.23. The van der Waals surface area contributed by atoms with Crippen molar-refractivity contribution in [2.75, 3.05) is 29.9 Å². The van der Waals surface area contributed by atoms with Crippen LogP contribution in [0.4, 0.5) is 11.4 Å². The number of anilines is 2. The van der Waals surface area contributed by atoms with Gasteiger partial charge in [0.25, 0.3) is 17.7 Å². The van der Waals surface area contributed by atoms with E-state index in [0.29, 0.717) is 47.4 Å². The van der Waals surface area contributed by atoms with E-state index in [1.54, 1.807) is 0 Å². The number of amides is 5. The van der Waals surface area contributed by atoms with Gasteiger partial charge in [-0.3, -0.25) is 39.1 Å². The number of piperidine rings is 2. The van der Waals surface area contributed by atoms with Crippen LogP contribution in [-0.4, -0.2) is 83.6 Å². The molecule has 1 unspecified atom stereocenters. The van der Waals surface area contributed by atoms with Gasteiger partial charge >= 0.3 is 0 Å². The van der Waals surface area contributed by atoms with Crippen molar-refractivity contribution in [2.45, 2.75) is 95.5 Å². The predicted octanol–water partition coefficient (Wildman–Crippen LogP) is 4.43. The minimum atomic E-state index is -0.962. The van der Waals surface area contributed by atoms with Crippen LogP contribution in [0.5, 0.6) is 0 Å². The molecule has 0 radical (unpaired) electrons. The van der Waals surface area contributed by atoms with E-state index in [4.69, 9.17) is 0 Å². The van der Waals surface area contributed by atoms with E-state index in [-0.39, 0.29) is 30.7 Å². The molecule has 1 aliphatic carbocycles. The van der Waals surface area contributed by atoms with E-state index in [1.165, 1.54) is 0 Å². The van der Waals surface area contributed by atoms with Gasteiger partial charge in [-0.1, -0.05) is 0 Å². The number of imide groups is 2. The van der Waals surface area contributed by atoms with E-state index >= 15 is 0 Å². The molecular formula is C42H45N7O5. The van der Waals surface area contributed by atoms with Gasteiger partial charge in [-0.2, -0.15) is 5.26 Å². The first kappa shape index (κ1) is 35.5. The van der Waals surface area contributed by atoms with Crippen LogP contribution in [0, 0.1) is 18.3 Å². The Balaban J connectivity index is 0.806. The molecule has 1 saturated carbocycles. The first-order valence-electron chi connectivity index (χ1n) is 19.1. The maximum absolute atomic E-state index is 13.3. The van der Waals surface area contributed by atoms with Crippen LogP contribution in [0.25, 0.3) is 0 Å². The van der Waals surface area contributed by atoms with Crippen LogP contribution < -0.4 is 20.4 Å². The number of hydrogen-bond donors (Lipinski definition) is 2. The lowest BCUT2D eigenvalue weighted by atomic mass is 9.89. The average molecular weight is 728 g/mol. The van der Waals surface area contributed by atoms with Crippen LogP contribution in [-0.2, 0) is 22.7 Å². The lowest BCUT2D eigenvalue weighted by Gasteiger charge is -2.38. The first-order chi connectivity index (χ1) is 26.1. The Bertz CT molecular complexity index is 2030. The Morgan fingerprint density at radius 3 is 2.09 bits per heavy atom. The van der Waals surface area contributed by atoms with E-state index in [1.807, 2.05) is 55.5 Å². The van der Waals surface area contributed by atoms with Crippen LogP contribution in [0.2, 0.25) is 0 Å². The maximum atomic E-state index is 13.3. The fourth-order valence-electron chi connectivity index (χ4n) is 9.05. The summed E-state index contributed by atoms with van der Waals surface area (Å²) in [4.78, 5) is 72.0. The summed E-state index contributed by atoms with van der Waals surface area (Å²) in [6.45, 7) is 5.14. The highest BCUT2D eigenvalue weighted by Gasteiger charge is 2.45. The van der Waals surface area contributed by atoms with Crippen molar-refractivity contribution in [1.29, 1.82) is 5.26 Å². The Morgan fingerprint density at radius 2 is 1.50 bits per heavy atom. The van der Waals surface area contributed by atoms with Gasteiger partial charge in [0, 0.05) is 74.7 Å². The molecule has 1 atom stereocenters. The zero-order valence-corrected chi connectivity index (χ0v) is 30.8. The molecule has 0 aromatic heterocycles. The predicted molar refractivity (Wildman–Crippen MR) is 202 cm³/mol. The van der Waals surface area contributed by atoms with Gasteiger partial charge in [0.15, 0.2) is 0 Å².